The van der Waals surface area contributed by atoms with Gasteiger partial charge < -0.3 is 14.9 Å². The average Bonchev–Trinajstić information content (AvgIpc) is 2.60. The summed E-state index contributed by atoms with van der Waals surface area (Å²) in [5.74, 6) is 1.32. The molecule has 0 radical (unpaired) electrons. The van der Waals surface area contributed by atoms with E-state index in [1.54, 1.807) is 7.11 Å². The van der Waals surface area contributed by atoms with Gasteiger partial charge in [-0.15, -0.1) is 0 Å². The fourth-order valence-corrected chi connectivity index (χ4v) is 5.35. The van der Waals surface area contributed by atoms with Gasteiger partial charge in [-0.2, -0.15) is 0 Å². The number of hydrogen-bond acceptors (Lipinski definition) is 3. The summed E-state index contributed by atoms with van der Waals surface area (Å²) in [5.41, 5.74) is 0.466. The lowest BCUT2D eigenvalue weighted by atomic mass is 9.60. The Hall–Kier alpha value is -1.03. The van der Waals surface area contributed by atoms with E-state index < -0.39 is 5.97 Å². The summed E-state index contributed by atoms with van der Waals surface area (Å²) in [6, 6.07) is 0. The molecular formula is C24H42O4. The van der Waals surface area contributed by atoms with Crippen LogP contribution in [0.5, 0.6) is 0 Å². The Balaban J connectivity index is 0.000000237. The Labute approximate surface area is 171 Å². The number of carbonyl (C=O) groups is 1. The zero-order chi connectivity index (χ0) is 20.8. The lowest BCUT2D eigenvalue weighted by Gasteiger charge is -2.46. The van der Waals surface area contributed by atoms with Crippen LogP contribution >= 0.6 is 0 Å². The van der Waals surface area contributed by atoms with Crippen LogP contribution in [0.25, 0.3) is 0 Å². The predicted octanol–water partition coefficient (Wildman–Crippen LogP) is 6.36. The van der Waals surface area contributed by atoms with Crippen molar-refractivity contribution in [1.82, 2.24) is 0 Å². The second kappa shape index (κ2) is 10.1. The van der Waals surface area contributed by atoms with Crippen LogP contribution in [0, 0.1) is 28.6 Å². The van der Waals surface area contributed by atoms with Crippen LogP contribution in [0.1, 0.15) is 90.9 Å². The van der Waals surface area contributed by atoms with Crippen LogP contribution in [0.4, 0.5) is 0 Å². The Bertz CT molecular complexity index is 507. The monoisotopic (exact) mass is 394 g/mol. The molecule has 4 heteroatoms. The van der Waals surface area contributed by atoms with E-state index in [1.807, 2.05) is 0 Å². The Kier molecular flexibility index (Phi) is 8.42. The number of allylic oxidation sites excluding steroid dienone is 1. The Morgan fingerprint density at radius 1 is 1.04 bits per heavy atom. The quantitative estimate of drug-likeness (QED) is 0.514. The Morgan fingerprint density at radius 3 is 2.00 bits per heavy atom. The van der Waals surface area contributed by atoms with Gasteiger partial charge in [-0.05, 0) is 87.9 Å². The smallest absolute Gasteiger partial charge is 0.306 e. The highest BCUT2D eigenvalue weighted by Crippen LogP contribution is 2.53. The molecule has 0 aromatic heterocycles. The molecular weight excluding hydrogens is 352 g/mol. The molecule has 0 aromatic rings. The third kappa shape index (κ3) is 6.23. The highest BCUT2D eigenvalue weighted by Gasteiger charge is 2.43. The number of methoxy groups -OCH3 is 1. The van der Waals surface area contributed by atoms with Gasteiger partial charge >= 0.3 is 5.97 Å². The third-order valence-electron chi connectivity index (χ3n) is 7.77. The van der Waals surface area contributed by atoms with Crippen LogP contribution in [-0.2, 0) is 9.53 Å². The summed E-state index contributed by atoms with van der Waals surface area (Å²) in [7, 11) is 1.80. The van der Waals surface area contributed by atoms with Crippen molar-refractivity contribution in [3.8, 4) is 0 Å². The number of aliphatic hydroxyl groups is 1. The number of aliphatic carboxylic acids is 1. The van der Waals surface area contributed by atoms with Crippen molar-refractivity contribution in [3.63, 3.8) is 0 Å². The SMILES string of the molecule is C=C(O)C1(CC2CCC(C)(COC)CC2)CCC1.CC1CCC(C(=O)O)CC1. The van der Waals surface area contributed by atoms with Gasteiger partial charge in [-0.3, -0.25) is 4.79 Å². The van der Waals surface area contributed by atoms with Gasteiger partial charge in [0, 0.05) is 12.5 Å². The van der Waals surface area contributed by atoms with Crippen LogP contribution in [0.2, 0.25) is 0 Å². The van der Waals surface area contributed by atoms with Gasteiger partial charge in [0.2, 0.25) is 0 Å². The lowest BCUT2D eigenvalue weighted by molar-refractivity contribution is -0.143. The first-order valence-corrected chi connectivity index (χ1v) is 11.3. The zero-order valence-corrected chi connectivity index (χ0v) is 18.3. The third-order valence-corrected chi connectivity index (χ3v) is 7.77. The van der Waals surface area contributed by atoms with E-state index in [4.69, 9.17) is 9.84 Å². The van der Waals surface area contributed by atoms with Gasteiger partial charge in [0.05, 0.1) is 18.3 Å². The van der Waals surface area contributed by atoms with Gasteiger partial charge in [-0.1, -0.05) is 26.8 Å². The molecule has 28 heavy (non-hydrogen) atoms. The maximum absolute atomic E-state index is 10.5. The van der Waals surface area contributed by atoms with Crippen molar-refractivity contribution in [2.24, 2.45) is 28.6 Å². The number of carboxylic acids is 1. The number of rotatable bonds is 6. The molecule has 0 bridgehead atoms. The largest absolute Gasteiger partial charge is 0.512 e. The molecule has 2 N–H and O–H groups in total. The topological polar surface area (TPSA) is 66.8 Å². The lowest BCUT2D eigenvalue weighted by Crippen LogP contribution is -2.36. The molecule has 4 nitrogen and oxygen atoms in total. The molecule has 162 valence electrons. The zero-order valence-electron chi connectivity index (χ0n) is 18.3. The van der Waals surface area contributed by atoms with Crippen molar-refractivity contribution in [3.05, 3.63) is 12.3 Å². The van der Waals surface area contributed by atoms with Crippen LogP contribution in [-0.4, -0.2) is 29.9 Å². The van der Waals surface area contributed by atoms with Crippen molar-refractivity contribution < 1.29 is 19.7 Å². The van der Waals surface area contributed by atoms with Crippen LogP contribution < -0.4 is 0 Å². The van der Waals surface area contributed by atoms with Crippen LogP contribution in [0.15, 0.2) is 12.3 Å². The first-order valence-electron chi connectivity index (χ1n) is 11.3. The molecule has 0 aromatic carbocycles. The van der Waals surface area contributed by atoms with E-state index >= 15 is 0 Å². The van der Waals surface area contributed by atoms with Crippen LogP contribution in [0.3, 0.4) is 0 Å². The normalized spacial score (nSPS) is 34.5. The summed E-state index contributed by atoms with van der Waals surface area (Å²) in [6.45, 7) is 9.23. The molecule has 3 rings (SSSR count). The van der Waals surface area contributed by atoms with Crippen molar-refractivity contribution in [1.29, 1.82) is 0 Å². The molecule has 0 spiro atoms. The van der Waals surface area contributed by atoms with E-state index in [2.05, 4.69) is 20.4 Å². The molecule has 3 aliphatic carbocycles. The number of carboxylic acid groups (broad SMARTS) is 1. The molecule has 0 unspecified atom stereocenters. The maximum atomic E-state index is 10.5. The average molecular weight is 395 g/mol. The molecule has 0 atom stereocenters. The van der Waals surface area contributed by atoms with E-state index in [-0.39, 0.29) is 11.3 Å². The van der Waals surface area contributed by atoms with Gasteiger partial charge in [0.25, 0.3) is 0 Å². The minimum absolute atomic E-state index is 0.0452. The molecule has 3 fully saturated rings. The highest BCUT2D eigenvalue weighted by molar-refractivity contribution is 5.69. The maximum Gasteiger partial charge on any atom is 0.306 e. The minimum Gasteiger partial charge on any atom is -0.512 e. The second-order valence-electron chi connectivity index (χ2n) is 10.3. The first kappa shape index (κ1) is 23.3. The van der Waals surface area contributed by atoms with Crippen molar-refractivity contribution in [2.75, 3.05) is 13.7 Å². The molecule has 0 amide bonds. The van der Waals surface area contributed by atoms with E-state index in [9.17, 15) is 9.90 Å². The molecule has 3 aliphatic rings. The molecule has 0 aliphatic heterocycles. The number of hydrogen-bond donors (Lipinski definition) is 2. The summed E-state index contributed by atoms with van der Waals surface area (Å²) < 4.78 is 5.34. The van der Waals surface area contributed by atoms with Gasteiger partial charge in [0.15, 0.2) is 0 Å². The Morgan fingerprint density at radius 2 is 1.61 bits per heavy atom. The van der Waals surface area contributed by atoms with Crippen molar-refractivity contribution in [2.45, 2.75) is 90.9 Å². The highest BCUT2D eigenvalue weighted by atomic mass is 16.5. The first-order chi connectivity index (χ1) is 13.2. The number of aliphatic hydroxyl groups excluding tert-OH is 1. The minimum atomic E-state index is -0.605. The molecule has 0 heterocycles. The number of ether oxygens (including phenoxy) is 1. The van der Waals surface area contributed by atoms with E-state index in [0.29, 0.717) is 11.2 Å². The molecule has 3 saturated carbocycles. The fourth-order valence-electron chi connectivity index (χ4n) is 5.35. The summed E-state index contributed by atoms with van der Waals surface area (Å²) in [6.07, 6.45) is 13.8. The van der Waals surface area contributed by atoms with Gasteiger partial charge in [-0.25, -0.2) is 0 Å². The predicted molar refractivity (Wildman–Crippen MR) is 113 cm³/mol. The standard InChI is InChI=1S/C16H28O2.C8H14O2/c1-13(17)16(7-4-8-16)11-14-5-9-15(2,10-6-14)12-18-3;1-6-2-4-7(5-3-6)8(9)10/h14,17H,1,4-12H2,2-3H3;6-7H,2-5H2,1H3,(H,9,10). The molecule has 0 saturated heterocycles. The summed E-state index contributed by atoms with van der Waals surface area (Å²) in [4.78, 5) is 10.5. The second-order valence-corrected chi connectivity index (χ2v) is 10.3. The van der Waals surface area contributed by atoms with E-state index in [1.165, 1.54) is 32.1 Å². The summed E-state index contributed by atoms with van der Waals surface area (Å²) >= 11 is 0. The van der Waals surface area contributed by atoms with Crippen molar-refractivity contribution >= 4 is 5.97 Å². The fraction of sp³-hybridized carbons (Fsp3) is 0.875. The van der Waals surface area contributed by atoms with E-state index in [0.717, 1.165) is 63.4 Å². The summed E-state index contributed by atoms with van der Waals surface area (Å²) in [5, 5.41) is 18.5. The van der Waals surface area contributed by atoms with Gasteiger partial charge in [0.1, 0.15) is 0 Å².